The van der Waals surface area contributed by atoms with E-state index >= 15 is 0 Å². The van der Waals surface area contributed by atoms with Gasteiger partial charge in [0.1, 0.15) is 24.3 Å². The van der Waals surface area contributed by atoms with E-state index in [0.29, 0.717) is 37.2 Å². The first-order chi connectivity index (χ1) is 14.1. The number of amides is 1. The van der Waals surface area contributed by atoms with Gasteiger partial charge in [-0.2, -0.15) is 10.4 Å². The second-order valence-electron chi connectivity index (χ2n) is 7.04. The van der Waals surface area contributed by atoms with Gasteiger partial charge in [-0.3, -0.25) is 23.7 Å². The smallest absolute Gasteiger partial charge is 0.264 e. The Morgan fingerprint density at radius 3 is 2.62 bits per heavy atom. The molecule has 0 aliphatic carbocycles. The molecule has 1 aliphatic rings. The molecule has 4 rings (SSSR count). The van der Waals surface area contributed by atoms with Crippen LogP contribution in [0.4, 0.5) is 0 Å². The van der Waals surface area contributed by atoms with Crippen LogP contribution >= 0.6 is 0 Å². The van der Waals surface area contributed by atoms with Crippen LogP contribution in [-0.4, -0.2) is 61.2 Å². The normalized spacial score (nSPS) is 15.9. The average molecular weight is 391 g/mol. The summed E-state index contributed by atoms with van der Waals surface area (Å²) in [6.07, 6.45) is 2.86. The van der Waals surface area contributed by atoms with Gasteiger partial charge in [-0.15, -0.1) is 0 Å². The van der Waals surface area contributed by atoms with Crippen molar-refractivity contribution in [2.75, 3.05) is 26.2 Å². The van der Waals surface area contributed by atoms with Gasteiger partial charge in [-0.05, 0) is 5.56 Å². The maximum absolute atomic E-state index is 12.7. The molecular formula is C20H21N7O2. The quantitative estimate of drug-likeness (QED) is 0.644. The van der Waals surface area contributed by atoms with Crippen LogP contribution in [0, 0.1) is 11.3 Å². The number of rotatable bonds is 4. The molecule has 0 unspecified atom stereocenters. The molecule has 3 aromatic rings. The predicted molar refractivity (Wildman–Crippen MR) is 106 cm³/mol. The monoisotopic (exact) mass is 391 g/mol. The summed E-state index contributed by atoms with van der Waals surface area (Å²) in [5.41, 5.74) is 1.18. The number of nitriles is 1. The minimum absolute atomic E-state index is 0.0585. The minimum Gasteiger partial charge on any atom is -0.339 e. The summed E-state index contributed by atoms with van der Waals surface area (Å²) in [6.45, 7) is 2.18. The van der Waals surface area contributed by atoms with E-state index in [4.69, 9.17) is 0 Å². The number of hydrogen-bond donors (Lipinski definition) is 0. The highest BCUT2D eigenvalue weighted by molar-refractivity contribution is 5.77. The molecule has 0 bridgehead atoms. The number of aryl methyl sites for hydroxylation is 1. The molecule has 1 aliphatic heterocycles. The van der Waals surface area contributed by atoms with Crippen LogP contribution in [-0.2, 0) is 18.4 Å². The summed E-state index contributed by atoms with van der Waals surface area (Å²) >= 11 is 0. The van der Waals surface area contributed by atoms with E-state index in [1.807, 2.05) is 30.3 Å². The van der Waals surface area contributed by atoms with Crippen LogP contribution in [0.3, 0.4) is 0 Å². The fraction of sp³-hybridized carbons (Fsp3) is 0.350. The Labute approximate surface area is 167 Å². The van der Waals surface area contributed by atoms with Gasteiger partial charge in [0.2, 0.25) is 5.91 Å². The molecule has 1 aromatic carbocycles. The molecule has 2 aromatic heterocycles. The van der Waals surface area contributed by atoms with Crippen molar-refractivity contribution >= 4 is 16.9 Å². The number of hydrogen-bond acceptors (Lipinski definition) is 6. The number of fused-ring (bicyclic) bond motifs is 1. The third-order valence-electron chi connectivity index (χ3n) is 5.29. The third kappa shape index (κ3) is 3.62. The summed E-state index contributed by atoms with van der Waals surface area (Å²) < 4.78 is 2.85. The van der Waals surface area contributed by atoms with Gasteiger partial charge in [-0.1, -0.05) is 30.3 Å². The zero-order chi connectivity index (χ0) is 20.4. The van der Waals surface area contributed by atoms with Crippen LogP contribution in [0.1, 0.15) is 11.6 Å². The number of benzene rings is 1. The SMILES string of the molecule is Cn1ncc2c(=O)n(CC(=O)N3CCN([C@@H](C#N)c4ccccc4)CC3)cnc21. The zero-order valence-corrected chi connectivity index (χ0v) is 16.1. The van der Waals surface area contributed by atoms with Crippen LogP contribution in [0.5, 0.6) is 0 Å². The maximum atomic E-state index is 12.7. The highest BCUT2D eigenvalue weighted by atomic mass is 16.2. The highest BCUT2D eigenvalue weighted by Crippen LogP contribution is 2.21. The van der Waals surface area contributed by atoms with Crippen molar-refractivity contribution in [1.82, 2.24) is 29.1 Å². The Kier molecular flexibility index (Phi) is 5.10. The highest BCUT2D eigenvalue weighted by Gasteiger charge is 2.27. The van der Waals surface area contributed by atoms with E-state index in [9.17, 15) is 14.9 Å². The average Bonchev–Trinajstić information content (AvgIpc) is 3.13. The van der Waals surface area contributed by atoms with Crippen molar-refractivity contribution in [2.45, 2.75) is 12.6 Å². The third-order valence-corrected chi connectivity index (χ3v) is 5.29. The predicted octanol–water partition coefficient (Wildman–Crippen LogP) is 0.539. The number of carbonyl (C=O) groups excluding carboxylic acids is 1. The lowest BCUT2D eigenvalue weighted by molar-refractivity contribution is -0.133. The molecular weight excluding hydrogens is 370 g/mol. The second-order valence-corrected chi connectivity index (χ2v) is 7.04. The van der Waals surface area contributed by atoms with Crippen molar-refractivity contribution in [3.63, 3.8) is 0 Å². The first-order valence-electron chi connectivity index (χ1n) is 9.42. The number of aromatic nitrogens is 4. The maximum Gasteiger partial charge on any atom is 0.264 e. The molecule has 0 N–H and O–H groups in total. The zero-order valence-electron chi connectivity index (χ0n) is 16.1. The Morgan fingerprint density at radius 2 is 1.93 bits per heavy atom. The molecule has 3 heterocycles. The van der Waals surface area contributed by atoms with Gasteiger partial charge >= 0.3 is 0 Å². The molecule has 1 amide bonds. The van der Waals surface area contributed by atoms with E-state index in [-0.39, 0.29) is 24.1 Å². The van der Waals surface area contributed by atoms with Gasteiger partial charge in [0.05, 0.1) is 12.3 Å². The van der Waals surface area contributed by atoms with Gasteiger partial charge in [0, 0.05) is 33.2 Å². The van der Waals surface area contributed by atoms with Gasteiger partial charge in [0.15, 0.2) is 5.65 Å². The molecule has 1 fully saturated rings. The van der Waals surface area contributed by atoms with Crippen molar-refractivity contribution in [1.29, 1.82) is 5.26 Å². The number of carbonyl (C=O) groups is 1. The number of piperazine rings is 1. The van der Waals surface area contributed by atoms with Gasteiger partial charge < -0.3 is 4.90 Å². The largest absolute Gasteiger partial charge is 0.339 e. The summed E-state index contributed by atoms with van der Waals surface area (Å²) in [5.74, 6) is -0.134. The molecule has 9 heteroatoms. The van der Waals surface area contributed by atoms with Crippen LogP contribution in [0.25, 0.3) is 11.0 Å². The van der Waals surface area contributed by atoms with E-state index in [2.05, 4.69) is 21.1 Å². The lowest BCUT2D eigenvalue weighted by Crippen LogP contribution is -2.50. The van der Waals surface area contributed by atoms with E-state index in [0.717, 1.165) is 5.56 Å². The lowest BCUT2D eigenvalue weighted by Gasteiger charge is -2.37. The fourth-order valence-electron chi connectivity index (χ4n) is 3.66. The molecule has 0 radical (unpaired) electrons. The fourth-order valence-corrected chi connectivity index (χ4v) is 3.66. The van der Waals surface area contributed by atoms with E-state index in [1.165, 1.54) is 21.8 Å². The van der Waals surface area contributed by atoms with Gasteiger partial charge in [0.25, 0.3) is 5.56 Å². The molecule has 1 atom stereocenters. The minimum atomic E-state index is -0.326. The van der Waals surface area contributed by atoms with E-state index in [1.54, 1.807) is 11.9 Å². The molecule has 0 spiro atoms. The Balaban J connectivity index is 1.41. The van der Waals surface area contributed by atoms with Crippen LogP contribution in [0.15, 0.2) is 47.7 Å². The first kappa shape index (κ1) is 18.8. The summed E-state index contributed by atoms with van der Waals surface area (Å²) in [7, 11) is 1.72. The molecule has 29 heavy (non-hydrogen) atoms. The standard InChI is InChI=1S/C20H21N7O2/c1-24-19-16(12-23-24)20(29)27(14-22-19)13-18(28)26-9-7-25(8-10-26)17(11-21)15-5-3-2-4-6-15/h2-6,12,14,17H,7-10,13H2,1H3/t17-/m0/s1. The van der Waals surface area contributed by atoms with Crippen molar-refractivity contribution in [3.05, 3.63) is 58.8 Å². The summed E-state index contributed by atoms with van der Waals surface area (Å²) in [5, 5.41) is 14.0. The Morgan fingerprint density at radius 1 is 1.21 bits per heavy atom. The summed E-state index contributed by atoms with van der Waals surface area (Å²) in [6, 6.07) is 11.7. The van der Waals surface area contributed by atoms with Crippen molar-refractivity contribution in [3.8, 4) is 6.07 Å². The topological polar surface area (TPSA) is 100 Å². The van der Waals surface area contributed by atoms with Crippen molar-refractivity contribution in [2.24, 2.45) is 7.05 Å². The lowest BCUT2D eigenvalue weighted by atomic mass is 10.1. The van der Waals surface area contributed by atoms with Gasteiger partial charge in [-0.25, -0.2) is 4.98 Å². The van der Waals surface area contributed by atoms with Crippen LogP contribution < -0.4 is 5.56 Å². The summed E-state index contributed by atoms with van der Waals surface area (Å²) in [4.78, 5) is 33.3. The van der Waals surface area contributed by atoms with Crippen LogP contribution in [0.2, 0.25) is 0 Å². The van der Waals surface area contributed by atoms with Crippen molar-refractivity contribution < 1.29 is 4.79 Å². The molecule has 9 nitrogen and oxygen atoms in total. The first-order valence-corrected chi connectivity index (χ1v) is 9.42. The molecule has 1 saturated heterocycles. The molecule has 0 saturated carbocycles. The number of nitrogens with zero attached hydrogens (tertiary/aromatic N) is 7. The Hall–Kier alpha value is -3.51. The Bertz CT molecular complexity index is 1120. The second kappa shape index (κ2) is 7.85. The van der Waals surface area contributed by atoms with E-state index < -0.39 is 0 Å². The molecule has 148 valence electrons.